The number of hydrogen-bond acceptors (Lipinski definition) is 4. The number of benzene rings is 1. The van der Waals surface area contributed by atoms with E-state index < -0.39 is 21.7 Å². The van der Waals surface area contributed by atoms with E-state index >= 15 is 0 Å². The summed E-state index contributed by atoms with van der Waals surface area (Å²) in [4.78, 5) is 10.6. The summed E-state index contributed by atoms with van der Waals surface area (Å²) in [5, 5.41) is 8.92. The normalized spacial score (nSPS) is 11.2. The molecule has 0 amide bonds. The number of carboxylic acid groups (broad SMARTS) is 1. The summed E-state index contributed by atoms with van der Waals surface area (Å²) in [5.74, 6) is -1.38. The fourth-order valence-electron chi connectivity index (χ4n) is 1.19. The van der Waals surface area contributed by atoms with Gasteiger partial charge in [-0.15, -0.1) is 0 Å². The maximum Gasteiger partial charge on any atom is 0.339 e. The molecule has 5 nitrogen and oxygen atoms in total. The highest BCUT2D eigenvalue weighted by Crippen LogP contribution is 2.24. The molecule has 0 fully saturated rings. The van der Waals surface area contributed by atoms with Gasteiger partial charge in [0, 0.05) is 17.1 Å². The van der Waals surface area contributed by atoms with Crippen LogP contribution >= 0.6 is 10.7 Å². The molecule has 0 saturated carbocycles. The average molecular weight is 297 g/mol. The van der Waals surface area contributed by atoms with E-state index in [9.17, 15) is 17.6 Å². The number of halogens is 2. The van der Waals surface area contributed by atoms with Crippen LogP contribution in [0.25, 0.3) is 0 Å². The Morgan fingerprint density at radius 2 is 2.11 bits per heavy atom. The van der Waals surface area contributed by atoms with Gasteiger partial charge in [0.1, 0.15) is 11.3 Å². The molecule has 100 valence electrons. The van der Waals surface area contributed by atoms with E-state index in [1.165, 1.54) is 6.07 Å². The van der Waals surface area contributed by atoms with Crippen molar-refractivity contribution in [2.45, 2.75) is 11.3 Å². The average Bonchev–Trinajstić information content (AvgIpc) is 2.28. The quantitative estimate of drug-likeness (QED) is 0.642. The molecule has 1 N–H and O–H groups in total. The fourth-order valence-corrected chi connectivity index (χ4v) is 1.97. The second kappa shape index (κ2) is 6.01. The second-order valence-corrected chi connectivity index (χ2v) is 5.86. The summed E-state index contributed by atoms with van der Waals surface area (Å²) >= 11 is 0. The Labute approximate surface area is 108 Å². The molecule has 1 aromatic carbocycles. The summed E-state index contributed by atoms with van der Waals surface area (Å²) in [7, 11) is 1.10. The summed E-state index contributed by atoms with van der Waals surface area (Å²) in [6, 6.07) is 3.20. The monoisotopic (exact) mass is 296 g/mol. The summed E-state index contributed by atoms with van der Waals surface area (Å²) in [5.41, 5.74) is -0.337. The Balaban J connectivity index is 3.09. The fraction of sp³-hybridized carbons (Fsp3) is 0.300. The lowest BCUT2D eigenvalue weighted by atomic mass is 10.2. The molecule has 8 heteroatoms. The van der Waals surface area contributed by atoms with Gasteiger partial charge in [-0.1, -0.05) is 0 Å². The highest BCUT2D eigenvalue weighted by atomic mass is 35.7. The summed E-state index contributed by atoms with van der Waals surface area (Å²) in [6.07, 6.45) is 0.120. The van der Waals surface area contributed by atoms with Crippen LogP contribution in [0.2, 0.25) is 0 Å². The Morgan fingerprint density at radius 3 is 2.61 bits per heavy atom. The van der Waals surface area contributed by atoms with Gasteiger partial charge in [0.15, 0.2) is 0 Å². The van der Waals surface area contributed by atoms with Gasteiger partial charge in [0.05, 0.1) is 18.2 Å². The lowest BCUT2D eigenvalue weighted by Gasteiger charge is -2.09. The van der Waals surface area contributed by atoms with Crippen molar-refractivity contribution < 1.29 is 27.4 Å². The largest absolute Gasteiger partial charge is 0.493 e. The first-order chi connectivity index (χ1) is 8.36. The van der Waals surface area contributed by atoms with Crippen LogP contribution in [0.5, 0.6) is 5.75 Å². The Kier molecular flexibility index (Phi) is 4.92. The van der Waals surface area contributed by atoms with E-state index in [1.54, 1.807) is 0 Å². The number of aromatic carboxylic acids is 1. The van der Waals surface area contributed by atoms with Crippen LogP contribution in [0, 0.1) is 0 Å². The van der Waals surface area contributed by atoms with E-state index in [4.69, 9.17) is 20.5 Å². The third-order valence-electron chi connectivity index (χ3n) is 2.00. The van der Waals surface area contributed by atoms with Gasteiger partial charge >= 0.3 is 5.97 Å². The molecular weight excluding hydrogens is 287 g/mol. The molecule has 1 aromatic rings. The SMILES string of the molecule is O=C(O)c1cc(S(=O)(=O)Cl)ccc1OCCCF. The number of hydrogen-bond donors (Lipinski definition) is 1. The first-order valence-electron chi connectivity index (χ1n) is 4.87. The second-order valence-electron chi connectivity index (χ2n) is 3.29. The van der Waals surface area contributed by atoms with Crippen molar-refractivity contribution in [3.63, 3.8) is 0 Å². The van der Waals surface area contributed by atoms with Crippen molar-refractivity contribution in [2.75, 3.05) is 13.3 Å². The number of ether oxygens (including phenoxy) is 1. The zero-order valence-corrected chi connectivity index (χ0v) is 10.7. The molecule has 0 saturated heterocycles. The zero-order chi connectivity index (χ0) is 13.8. The van der Waals surface area contributed by atoms with Crippen LogP contribution < -0.4 is 4.74 Å². The molecule has 0 aromatic heterocycles. The van der Waals surface area contributed by atoms with Crippen molar-refractivity contribution in [3.05, 3.63) is 23.8 Å². The minimum Gasteiger partial charge on any atom is -0.493 e. The number of carboxylic acids is 1. The van der Waals surface area contributed by atoms with Gasteiger partial charge in [0.25, 0.3) is 9.05 Å². The number of alkyl halides is 1. The lowest BCUT2D eigenvalue weighted by molar-refractivity contribution is 0.0692. The maximum atomic E-state index is 11.9. The van der Waals surface area contributed by atoms with Crippen molar-refractivity contribution in [2.24, 2.45) is 0 Å². The molecule has 0 atom stereocenters. The Morgan fingerprint density at radius 1 is 1.44 bits per heavy atom. The molecule has 0 heterocycles. The highest BCUT2D eigenvalue weighted by molar-refractivity contribution is 8.13. The molecule has 18 heavy (non-hydrogen) atoms. The number of rotatable bonds is 6. The van der Waals surface area contributed by atoms with Crippen LogP contribution in [-0.4, -0.2) is 32.8 Å². The molecule has 0 aliphatic rings. The molecule has 0 bridgehead atoms. The Bertz CT molecular complexity index is 543. The van der Waals surface area contributed by atoms with Crippen LogP contribution in [0.3, 0.4) is 0 Å². The summed E-state index contributed by atoms with van der Waals surface area (Å²) < 4.78 is 39.1. The van der Waals surface area contributed by atoms with Crippen molar-refractivity contribution in [1.82, 2.24) is 0 Å². The standard InChI is InChI=1S/C10H10ClFO5S/c11-18(15,16)7-2-3-9(17-5-1-4-12)8(6-7)10(13)14/h2-3,6H,1,4-5H2,(H,13,14). The van der Waals surface area contributed by atoms with Crippen molar-refractivity contribution in [3.8, 4) is 5.75 Å². The minimum atomic E-state index is -4.01. The summed E-state index contributed by atoms with van der Waals surface area (Å²) in [6.45, 7) is -0.583. The van der Waals surface area contributed by atoms with E-state index in [0.717, 1.165) is 12.1 Å². The lowest BCUT2D eigenvalue weighted by Crippen LogP contribution is -2.06. The van der Waals surface area contributed by atoms with E-state index in [0.29, 0.717) is 0 Å². The van der Waals surface area contributed by atoms with Crippen molar-refractivity contribution >= 4 is 25.7 Å². The molecule has 0 spiro atoms. The van der Waals surface area contributed by atoms with Gasteiger partial charge < -0.3 is 9.84 Å². The molecular formula is C10H10ClFO5S. The van der Waals surface area contributed by atoms with Gasteiger partial charge in [-0.3, -0.25) is 4.39 Å². The molecule has 0 unspecified atom stereocenters. The van der Waals surface area contributed by atoms with Crippen molar-refractivity contribution in [1.29, 1.82) is 0 Å². The van der Waals surface area contributed by atoms with Crippen LogP contribution in [-0.2, 0) is 9.05 Å². The predicted octanol–water partition coefficient (Wildman–Crippen LogP) is 2.05. The maximum absolute atomic E-state index is 11.9. The predicted molar refractivity (Wildman–Crippen MR) is 62.5 cm³/mol. The van der Waals surface area contributed by atoms with E-state index in [1.807, 2.05) is 0 Å². The third kappa shape index (κ3) is 3.85. The zero-order valence-electron chi connectivity index (χ0n) is 9.10. The minimum absolute atomic E-state index is 0.00372. The molecule has 0 radical (unpaired) electrons. The Hall–Kier alpha value is -1.34. The number of carbonyl (C=O) groups is 1. The van der Waals surface area contributed by atoms with E-state index in [2.05, 4.69) is 0 Å². The molecule has 1 rings (SSSR count). The van der Waals surface area contributed by atoms with Gasteiger partial charge in [-0.05, 0) is 18.2 Å². The van der Waals surface area contributed by atoms with Gasteiger partial charge in [-0.25, -0.2) is 13.2 Å². The van der Waals surface area contributed by atoms with Crippen LogP contribution in [0.15, 0.2) is 23.1 Å². The highest BCUT2D eigenvalue weighted by Gasteiger charge is 2.17. The van der Waals surface area contributed by atoms with Crippen LogP contribution in [0.4, 0.5) is 4.39 Å². The van der Waals surface area contributed by atoms with E-state index in [-0.39, 0.29) is 29.2 Å². The topological polar surface area (TPSA) is 80.7 Å². The first kappa shape index (κ1) is 14.7. The van der Waals surface area contributed by atoms with Crippen LogP contribution in [0.1, 0.15) is 16.8 Å². The van der Waals surface area contributed by atoms with Gasteiger partial charge in [-0.2, -0.15) is 0 Å². The third-order valence-corrected chi connectivity index (χ3v) is 3.35. The van der Waals surface area contributed by atoms with Gasteiger partial charge in [0.2, 0.25) is 0 Å². The molecule has 0 aliphatic carbocycles. The molecule has 0 aliphatic heterocycles. The first-order valence-corrected chi connectivity index (χ1v) is 7.18. The smallest absolute Gasteiger partial charge is 0.339 e.